The van der Waals surface area contributed by atoms with Gasteiger partial charge in [-0.15, -0.1) is 0 Å². The van der Waals surface area contributed by atoms with Gasteiger partial charge in [-0.25, -0.2) is 9.67 Å². The number of carboxylic acids is 1. The number of carbonyl (C=O) groups is 2. The SMILES string of the molecule is O=C(O)CC1COCCN1C(=O)c1cccc(-n2cncn2)c1. The summed E-state index contributed by atoms with van der Waals surface area (Å²) >= 11 is 0. The Hall–Kier alpha value is -2.74. The van der Waals surface area contributed by atoms with Gasteiger partial charge in [-0.1, -0.05) is 6.07 Å². The summed E-state index contributed by atoms with van der Waals surface area (Å²) in [5, 5.41) is 13.0. The molecule has 0 spiro atoms. The van der Waals surface area contributed by atoms with Crippen LogP contribution >= 0.6 is 0 Å². The second-order valence-corrected chi connectivity index (χ2v) is 5.22. The molecule has 1 aromatic carbocycles. The predicted octanol–water partition coefficient (Wildman–Crippen LogP) is 0.583. The average Bonchev–Trinajstić information content (AvgIpc) is 3.09. The minimum Gasteiger partial charge on any atom is -0.481 e. The number of hydrogen-bond acceptors (Lipinski definition) is 5. The Morgan fingerprint density at radius 3 is 3.00 bits per heavy atom. The molecule has 120 valence electrons. The van der Waals surface area contributed by atoms with Crippen molar-refractivity contribution in [2.45, 2.75) is 12.5 Å². The highest BCUT2D eigenvalue weighted by Crippen LogP contribution is 2.17. The monoisotopic (exact) mass is 316 g/mol. The third-order valence-corrected chi connectivity index (χ3v) is 3.68. The summed E-state index contributed by atoms with van der Waals surface area (Å²) in [6, 6.07) is 6.54. The number of ether oxygens (including phenoxy) is 1. The number of benzene rings is 1. The highest BCUT2D eigenvalue weighted by molar-refractivity contribution is 5.95. The lowest BCUT2D eigenvalue weighted by atomic mass is 10.1. The summed E-state index contributed by atoms with van der Waals surface area (Å²) < 4.78 is 6.86. The number of aliphatic carboxylic acids is 1. The molecule has 8 heteroatoms. The van der Waals surface area contributed by atoms with E-state index in [0.717, 1.165) is 5.69 Å². The smallest absolute Gasteiger partial charge is 0.305 e. The molecular formula is C15H16N4O4. The third kappa shape index (κ3) is 3.37. The van der Waals surface area contributed by atoms with Crippen LogP contribution in [-0.2, 0) is 9.53 Å². The van der Waals surface area contributed by atoms with Crippen LogP contribution in [0.2, 0.25) is 0 Å². The molecule has 1 fully saturated rings. The maximum Gasteiger partial charge on any atom is 0.305 e. The van der Waals surface area contributed by atoms with E-state index in [4.69, 9.17) is 9.84 Å². The topological polar surface area (TPSA) is 97.6 Å². The van der Waals surface area contributed by atoms with Gasteiger partial charge in [0.25, 0.3) is 5.91 Å². The van der Waals surface area contributed by atoms with E-state index in [0.29, 0.717) is 18.7 Å². The molecule has 1 unspecified atom stereocenters. The van der Waals surface area contributed by atoms with Crippen LogP contribution in [-0.4, -0.2) is 62.4 Å². The van der Waals surface area contributed by atoms with Gasteiger partial charge in [0.15, 0.2) is 0 Å². The zero-order chi connectivity index (χ0) is 16.2. The summed E-state index contributed by atoms with van der Waals surface area (Å²) in [6.45, 7) is 1.02. The standard InChI is InChI=1S/C15H16N4O4/c20-14(21)7-13-8-23-5-4-18(13)15(22)11-2-1-3-12(6-11)19-10-16-9-17-19/h1-3,6,9-10,13H,4-5,7-8H2,(H,20,21). The molecule has 1 amide bonds. The first-order valence-electron chi connectivity index (χ1n) is 7.21. The van der Waals surface area contributed by atoms with Crippen LogP contribution in [0.3, 0.4) is 0 Å². The van der Waals surface area contributed by atoms with Gasteiger partial charge in [-0.3, -0.25) is 9.59 Å². The summed E-state index contributed by atoms with van der Waals surface area (Å²) in [5.41, 5.74) is 1.20. The fourth-order valence-corrected chi connectivity index (χ4v) is 2.58. The minimum absolute atomic E-state index is 0.130. The lowest BCUT2D eigenvalue weighted by Gasteiger charge is -2.35. The maximum atomic E-state index is 12.7. The van der Waals surface area contributed by atoms with Crippen LogP contribution in [0.25, 0.3) is 5.69 Å². The molecule has 3 rings (SSSR count). The van der Waals surface area contributed by atoms with E-state index in [-0.39, 0.29) is 18.9 Å². The first kappa shape index (κ1) is 15.2. The van der Waals surface area contributed by atoms with E-state index in [1.165, 1.54) is 6.33 Å². The zero-order valence-electron chi connectivity index (χ0n) is 12.3. The molecule has 1 atom stereocenters. The average molecular weight is 316 g/mol. The molecule has 0 aliphatic carbocycles. The van der Waals surface area contributed by atoms with Crippen LogP contribution in [0.4, 0.5) is 0 Å². The van der Waals surface area contributed by atoms with Gasteiger partial charge < -0.3 is 14.7 Å². The van der Waals surface area contributed by atoms with Crippen molar-refractivity contribution < 1.29 is 19.4 Å². The van der Waals surface area contributed by atoms with Crippen molar-refractivity contribution >= 4 is 11.9 Å². The first-order valence-corrected chi connectivity index (χ1v) is 7.21. The molecular weight excluding hydrogens is 300 g/mol. The number of amides is 1. The molecule has 0 radical (unpaired) electrons. The molecule has 1 aromatic heterocycles. The minimum atomic E-state index is -0.949. The lowest BCUT2D eigenvalue weighted by Crippen LogP contribution is -2.49. The number of morpholine rings is 1. The van der Waals surface area contributed by atoms with Gasteiger partial charge in [-0.05, 0) is 18.2 Å². The van der Waals surface area contributed by atoms with E-state index >= 15 is 0 Å². The van der Waals surface area contributed by atoms with E-state index in [1.54, 1.807) is 34.1 Å². The number of nitrogens with zero attached hydrogens (tertiary/aromatic N) is 4. The maximum absolute atomic E-state index is 12.7. The summed E-state index contributed by atoms with van der Waals surface area (Å²) in [7, 11) is 0. The molecule has 0 bridgehead atoms. The Morgan fingerprint density at radius 2 is 2.26 bits per heavy atom. The Balaban J connectivity index is 1.84. The van der Waals surface area contributed by atoms with Crippen molar-refractivity contribution in [2.24, 2.45) is 0 Å². The Morgan fingerprint density at radius 1 is 1.39 bits per heavy atom. The van der Waals surface area contributed by atoms with Gasteiger partial charge in [0.1, 0.15) is 12.7 Å². The number of carboxylic acid groups (broad SMARTS) is 1. The predicted molar refractivity (Wildman–Crippen MR) is 79.3 cm³/mol. The van der Waals surface area contributed by atoms with Gasteiger partial charge >= 0.3 is 5.97 Å². The molecule has 0 saturated carbocycles. The van der Waals surface area contributed by atoms with Gasteiger partial charge in [0, 0.05) is 12.1 Å². The van der Waals surface area contributed by atoms with E-state index in [9.17, 15) is 9.59 Å². The second-order valence-electron chi connectivity index (χ2n) is 5.22. The second kappa shape index (κ2) is 6.57. The molecule has 2 aromatic rings. The quantitative estimate of drug-likeness (QED) is 0.886. The summed E-state index contributed by atoms with van der Waals surface area (Å²) in [5.74, 6) is -1.16. The van der Waals surface area contributed by atoms with Crippen LogP contribution in [0.1, 0.15) is 16.8 Å². The van der Waals surface area contributed by atoms with Crippen LogP contribution in [0.5, 0.6) is 0 Å². The molecule has 2 heterocycles. The summed E-state index contributed by atoms with van der Waals surface area (Å²) in [6.07, 6.45) is 2.83. The van der Waals surface area contributed by atoms with Crippen LogP contribution in [0, 0.1) is 0 Å². The number of carbonyl (C=O) groups excluding carboxylic acids is 1. The fourth-order valence-electron chi connectivity index (χ4n) is 2.58. The molecule has 8 nitrogen and oxygen atoms in total. The Labute approximate surface area is 132 Å². The largest absolute Gasteiger partial charge is 0.481 e. The van der Waals surface area contributed by atoms with Gasteiger partial charge in [0.05, 0.1) is 31.4 Å². The Bertz CT molecular complexity index is 701. The van der Waals surface area contributed by atoms with Crippen molar-refractivity contribution in [1.29, 1.82) is 0 Å². The van der Waals surface area contributed by atoms with Crippen LogP contribution < -0.4 is 0 Å². The number of aromatic nitrogens is 3. The Kier molecular flexibility index (Phi) is 4.33. The lowest BCUT2D eigenvalue weighted by molar-refractivity contribution is -0.139. The summed E-state index contributed by atoms with van der Waals surface area (Å²) in [4.78, 5) is 29.2. The number of rotatable bonds is 4. The van der Waals surface area contributed by atoms with E-state index in [1.807, 2.05) is 6.07 Å². The molecule has 1 aliphatic rings. The van der Waals surface area contributed by atoms with E-state index in [2.05, 4.69) is 10.1 Å². The number of hydrogen-bond donors (Lipinski definition) is 1. The fraction of sp³-hybridized carbons (Fsp3) is 0.333. The van der Waals surface area contributed by atoms with E-state index < -0.39 is 12.0 Å². The van der Waals surface area contributed by atoms with Crippen molar-refractivity contribution in [2.75, 3.05) is 19.8 Å². The van der Waals surface area contributed by atoms with Gasteiger partial charge in [0.2, 0.25) is 0 Å². The molecule has 1 saturated heterocycles. The molecule has 1 N–H and O–H groups in total. The zero-order valence-corrected chi connectivity index (χ0v) is 12.3. The van der Waals surface area contributed by atoms with Gasteiger partial charge in [-0.2, -0.15) is 5.10 Å². The molecule has 23 heavy (non-hydrogen) atoms. The normalized spacial score (nSPS) is 17.9. The van der Waals surface area contributed by atoms with Crippen molar-refractivity contribution in [1.82, 2.24) is 19.7 Å². The first-order chi connectivity index (χ1) is 11.1. The van der Waals surface area contributed by atoms with Crippen molar-refractivity contribution in [3.63, 3.8) is 0 Å². The molecule has 1 aliphatic heterocycles. The van der Waals surface area contributed by atoms with Crippen molar-refractivity contribution in [3.8, 4) is 5.69 Å². The highest BCUT2D eigenvalue weighted by Gasteiger charge is 2.29. The van der Waals surface area contributed by atoms with Crippen molar-refractivity contribution in [3.05, 3.63) is 42.5 Å². The van der Waals surface area contributed by atoms with Crippen LogP contribution in [0.15, 0.2) is 36.9 Å². The highest BCUT2D eigenvalue weighted by atomic mass is 16.5. The third-order valence-electron chi connectivity index (χ3n) is 3.68.